The third-order valence-electron chi connectivity index (χ3n) is 3.57. The number of nitrogens with one attached hydrogen (secondary N) is 1. The molecule has 3 aromatic rings. The van der Waals surface area contributed by atoms with Gasteiger partial charge in [0.1, 0.15) is 9.88 Å². The van der Waals surface area contributed by atoms with Gasteiger partial charge in [0.2, 0.25) is 0 Å². The number of anilines is 1. The zero-order chi connectivity index (χ0) is 19.9. The van der Waals surface area contributed by atoms with Crippen LogP contribution in [0.25, 0.3) is 10.6 Å². The number of hydrogen-bond acceptors (Lipinski definition) is 8. The summed E-state index contributed by atoms with van der Waals surface area (Å²) in [5.74, 6) is -1.64. The van der Waals surface area contributed by atoms with Crippen LogP contribution in [-0.4, -0.2) is 36.5 Å². The molecule has 0 fully saturated rings. The first kappa shape index (κ1) is 19.7. The van der Waals surface area contributed by atoms with Crippen LogP contribution >= 0.6 is 22.7 Å². The standard InChI is InChI=1S/C19H16N2O5S2/c1-25-19(24)17-14(7-8-27-17)21-15(22)10-26-16(23)9-13-11-28-18(20-13)12-5-3-2-4-6-12/h2-8,11H,9-10H2,1H3,(H,21,22). The van der Waals surface area contributed by atoms with Gasteiger partial charge < -0.3 is 14.8 Å². The van der Waals surface area contributed by atoms with Gasteiger partial charge in [-0.15, -0.1) is 22.7 Å². The molecule has 1 amide bonds. The lowest BCUT2D eigenvalue weighted by Gasteiger charge is -2.06. The Hall–Kier alpha value is -3.04. The van der Waals surface area contributed by atoms with Crippen LogP contribution in [0.2, 0.25) is 0 Å². The van der Waals surface area contributed by atoms with Crippen molar-refractivity contribution in [2.45, 2.75) is 6.42 Å². The lowest BCUT2D eigenvalue weighted by molar-refractivity contribution is -0.146. The summed E-state index contributed by atoms with van der Waals surface area (Å²) in [6, 6.07) is 11.2. The van der Waals surface area contributed by atoms with Gasteiger partial charge in [0.15, 0.2) is 6.61 Å². The smallest absolute Gasteiger partial charge is 0.350 e. The molecule has 2 aromatic heterocycles. The highest BCUT2D eigenvalue weighted by Crippen LogP contribution is 2.24. The van der Waals surface area contributed by atoms with E-state index in [9.17, 15) is 14.4 Å². The van der Waals surface area contributed by atoms with Crippen molar-refractivity contribution in [2.75, 3.05) is 19.0 Å². The molecule has 0 saturated heterocycles. The molecule has 0 radical (unpaired) electrons. The van der Waals surface area contributed by atoms with Gasteiger partial charge in [-0.2, -0.15) is 0 Å². The highest BCUT2D eigenvalue weighted by molar-refractivity contribution is 7.13. The van der Waals surface area contributed by atoms with Crippen LogP contribution < -0.4 is 5.32 Å². The predicted octanol–water partition coefficient (Wildman–Crippen LogP) is 3.38. The number of methoxy groups -OCH3 is 1. The van der Waals surface area contributed by atoms with Crippen LogP contribution in [0.3, 0.4) is 0 Å². The number of thiophene rings is 1. The third kappa shape index (κ3) is 5.02. The van der Waals surface area contributed by atoms with Gasteiger partial charge >= 0.3 is 11.9 Å². The first-order valence-electron chi connectivity index (χ1n) is 8.18. The van der Waals surface area contributed by atoms with Crippen molar-refractivity contribution in [3.05, 3.63) is 57.7 Å². The summed E-state index contributed by atoms with van der Waals surface area (Å²) in [5.41, 5.74) is 1.88. The second-order valence-electron chi connectivity index (χ2n) is 5.55. The quantitative estimate of drug-likeness (QED) is 0.594. The Kier molecular flexibility index (Phi) is 6.51. The highest BCUT2D eigenvalue weighted by atomic mass is 32.1. The number of esters is 2. The molecule has 0 spiro atoms. The van der Waals surface area contributed by atoms with Crippen molar-refractivity contribution in [3.8, 4) is 10.6 Å². The number of hydrogen-bond donors (Lipinski definition) is 1. The fourth-order valence-electron chi connectivity index (χ4n) is 2.29. The van der Waals surface area contributed by atoms with Crippen LogP contribution in [0.4, 0.5) is 5.69 Å². The molecule has 2 heterocycles. The number of nitrogens with zero attached hydrogens (tertiary/aromatic N) is 1. The Balaban J connectivity index is 1.49. The van der Waals surface area contributed by atoms with E-state index in [2.05, 4.69) is 15.0 Å². The topological polar surface area (TPSA) is 94.6 Å². The van der Waals surface area contributed by atoms with Gasteiger partial charge in [-0.05, 0) is 11.4 Å². The number of carbonyl (C=O) groups excluding carboxylic acids is 3. The molecule has 0 saturated carbocycles. The van der Waals surface area contributed by atoms with E-state index in [-0.39, 0.29) is 11.3 Å². The third-order valence-corrected chi connectivity index (χ3v) is 5.41. The molecule has 1 N–H and O–H groups in total. The number of aromatic nitrogens is 1. The molecule has 1 aromatic carbocycles. The maximum Gasteiger partial charge on any atom is 0.350 e. The number of benzene rings is 1. The molecule has 28 heavy (non-hydrogen) atoms. The Morgan fingerprint density at radius 3 is 2.64 bits per heavy atom. The molecule has 7 nitrogen and oxygen atoms in total. The molecule has 0 atom stereocenters. The minimum Gasteiger partial charge on any atom is -0.465 e. The van der Waals surface area contributed by atoms with E-state index < -0.39 is 24.5 Å². The van der Waals surface area contributed by atoms with Gasteiger partial charge in [-0.25, -0.2) is 9.78 Å². The fraction of sp³-hybridized carbons (Fsp3) is 0.158. The fourth-order valence-corrected chi connectivity index (χ4v) is 3.88. The van der Waals surface area contributed by atoms with Gasteiger partial charge in [-0.3, -0.25) is 9.59 Å². The summed E-state index contributed by atoms with van der Waals surface area (Å²) in [6.45, 7) is -0.453. The molecule has 0 aliphatic carbocycles. The maximum absolute atomic E-state index is 12.0. The Labute approximate surface area is 168 Å². The monoisotopic (exact) mass is 416 g/mol. The van der Waals surface area contributed by atoms with Gasteiger partial charge in [0.25, 0.3) is 5.91 Å². The van der Waals surface area contributed by atoms with Gasteiger partial charge in [0, 0.05) is 10.9 Å². The number of thiazole rings is 1. The van der Waals surface area contributed by atoms with E-state index in [1.54, 1.807) is 16.8 Å². The molecule has 144 valence electrons. The summed E-state index contributed by atoms with van der Waals surface area (Å²) in [5, 5.41) is 6.79. The first-order chi connectivity index (χ1) is 13.6. The van der Waals surface area contributed by atoms with Crippen molar-refractivity contribution in [3.63, 3.8) is 0 Å². The van der Waals surface area contributed by atoms with Crippen molar-refractivity contribution in [1.82, 2.24) is 4.98 Å². The SMILES string of the molecule is COC(=O)c1sccc1NC(=O)COC(=O)Cc1csc(-c2ccccc2)n1. The zero-order valence-electron chi connectivity index (χ0n) is 14.8. The van der Waals surface area contributed by atoms with E-state index in [1.165, 1.54) is 18.4 Å². The zero-order valence-corrected chi connectivity index (χ0v) is 16.5. The Bertz CT molecular complexity index is 981. The molecule has 0 aliphatic heterocycles. The maximum atomic E-state index is 12.0. The molecule has 0 aliphatic rings. The Morgan fingerprint density at radius 1 is 1.11 bits per heavy atom. The lowest BCUT2D eigenvalue weighted by atomic mass is 10.2. The highest BCUT2D eigenvalue weighted by Gasteiger charge is 2.17. The van der Waals surface area contributed by atoms with E-state index in [1.807, 2.05) is 30.3 Å². The van der Waals surface area contributed by atoms with E-state index in [0.717, 1.165) is 21.9 Å². The van der Waals surface area contributed by atoms with Gasteiger partial charge in [-0.1, -0.05) is 30.3 Å². The predicted molar refractivity (Wildman–Crippen MR) is 107 cm³/mol. The second kappa shape index (κ2) is 9.25. The number of amides is 1. The summed E-state index contributed by atoms with van der Waals surface area (Å²) < 4.78 is 9.64. The minimum atomic E-state index is -0.557. The molecule has 0 unspecified atom stereocenters. The Morgan fingerprint density at radius 2 is 1.89 bits per heavy atom. The molecule has 0 bridgehead atoms. The normalized spacial score (nSPS) is 10.3. The van der Waals surface area contributed by atoms with E-state index >= 15 is 0 Å². The molecule has 9 heteroatoms. The first-order valence-corrected chi connectivity index (χ1v) is 9.94. The second-order valence-corrected chi connectivity index (χ2v) is 7.32. The molecular weight excluding hydrogens is 400 g/mol. The van der Waals surface area contributed by atoms with Crippen LogP contribution in [0.15, 0.2) is 47.2 Å². The summed E-state index contributed by atoms with van der Waals surface area (Å²) in [4.78, 5) is 40.2. The van der Waals surface area contributed by atoms with Crippen molar-refractivity contribution >= 4 is 46.2 Å². The average Bonchev–Trinajstić information content (AvgIpc) is 3.36. The van der Waals surface area contributed by atoms with Crippen LogP contribution in [-0.2, 0) is 25.5 Å². The molecule has 3 rings (SSSR count). The van der Waals surface area contributed by atoms with E-state index in [0.29, 0.717) is 11.4 Å². The minimum absolute atomic E-state index is 0.0253. The van der Waals surface area contributed by atoms with Crippen LogP contribution in [0.1, 0.15) is 15.4 Å². The average molecular weight is 416 g/mol. The number of carbonyl (C=O) groups is 3. The summed E-state index contributed by atoms with van der Waals surface area (Å²) in [7, 11) is 1.26. The molecular formula is C19H16N2O5S2. The van der Waals surface area contributed by atoms with E-state index in [4.69, 9.17) is 4.74 Å². The summed E-state index contributed by atoms with van der Waals surface area (Å²) >= 11 is 2.58. The largest absolute Gasteiger partial charge is 0.465 e. The van der Waals surface area contributed by atoms with Crippen molar-refractivity contribution in [2.24, 2.45) is 0 Å². The van der Waals surface area contributed by atoms with Crippen molar-refractivity contribution < 1.29 is 23.9 Å². The lowest BCUT2D eigenvalue weighted by Crippen LogP contribution is -2.22. The number of rotatable bonds is 7. The number of ether oxygens (including phenoxy) is 2. The van der Waals surface area contributed by atoms with Gasteiger partial charge in [0.05, 0.1) is 24.9 Å². The van der Waals surface area contributed by atoms with Crippen LogP contribution in [0, 0.1) is 0 Å². The summed E-state index contributed by atoms with van der Waals surface area (Å²) in [6.07, 6.45) is -0.0253. The van der Waals surface area contributed by atoms with Crippen molar-refractivity contribution in [1.29, 1.82) is 0 Å². The van der Waals surface area contributed by atoms with Crippen LogP contribution in [0.5, 0.6) is 0 Å².